The van der Waals surface area contributed by atoms with Crippen molar-refractivity contribution in [3.8, 4) is 0 Å². The molecule has 5 rings (SSSR count). The van der Waals surface area contributed by atoms with Crippen LogP contribution in [0.5, 0.6) is 0 Å². The summed E-state index contributed by atoms with van der Waals surface area (Å²) in [6, 6.07) is 21.7. The summed E-state index contributed by atoms with van der Waals surface area (Å²) in [7, 11) is -3.67. The molecule has 0 atom stereocenters. The molecular weight excluding hydrogens is 520 g/mol. The van der Waals surface area contributed by atoms with Crippen LogP contribution in [0.1, 0.15) is 31.8 Å². The molecule has 2 amide bonds. The summed E-state index contributed by atoms with van der Waals surface area (Å²) in [6.07, 6.45) is 0.715. The number of carbonyl (C=O) groups is 2. The van der Waals surface area contributed by atoms with E-state index in [1.165, 1.54) is 0 Å². The fourth-order valence-electron chi connectivity index (χ4n) is 3.78. The standard InChI is InChI=1S/C26H24N6O2.CH4O3S/c33-25(19-5-1-17(2-6-19)23-27-13-14-28-23)31-21-9-11-22(12-10-21)32-26(34)20-7-3-18(4-8-20)24-29-15-16-30-24;1-5(2,3)4/h1-12H,13-16H2,(H,27,28)(H,29,30)(H,31,33)(H,32,34);1H3,(H,2,3,4). The van der Waals surface area contributed by atoms with Crippen LogP contribution in [0, 0.1) is 0 Å². The van der Waals surface area contributed by atoms with Crippen LogP contribution in [0.25, 0.3) is 0 Å². The van der Waals surface area contributed by atoms with E-state index < -0.39 is 10.1 Å². The van der Waals surface area contributed by atoms with Crippen LogP contribution in [0.4, 0.5) is 11.4 Å². The minimum Gasteiger partial charge on any atom is -0.368 e. The van der Waals surface area contributed by atoms with Crippen molar-refractivity contribution < 1.29 is 22.6 Å². The molecule has 0 aromatic heterocycles. The lowest BCUT2D eigenvalue weighted by molar-refractivity contribution is 0.101. The second kappa shape index (κ2) is 12.3. The molecule has 0 bridgehead atoms. The Morgan fingerprint density at radius 3 is 1.31 bits per heavy atom. The zero-order valence-electron chi connectivity index (χ0n) is 21.1. The minimum atomic E-state index is -3.67. The number of rotatable bonds is 6. The Labute approximate surface area is 226 Å². The molecule has 202 valence electrons. The first-order chi connectivity index (χ1) is 18.7. The Morgan fingerprint density at radius 2 is 1.03 bits per heavy atom. The summed E-state index contributed by atoms with van der Waals surface area (Å²) in [6.45, 7) is 3.23. The number of amides is 2. The van der Waals surface area contributed by atoms with E-state index in [0.717, 1.165) is 49.0 Å². The molecule has 3 aromatic rings. The summed E-state index contributed by atoms with van der Waals surface area (Å²) in [5, 5.41) is 12.2. The molecule has 2 aliphatic heterocycles. The Hall–Kier alpha value is -4.55. The molecule has 3 aromatic carbocycles. The van der Waals surface area contributed by atoms with E-state index >= 15 is 0 Å². The zero-order chi connectivity index (χ0) is 27.8. The maximum Gasteiger partial charge on any atom is 0.261 e. The van der Waals surface area contributed by atoms with Gasteiger partial charge in [-0.25, -0.2) is 0 Å². The Morgan fingerprint density at radius 1 is 0.692 bits per heavy atom. The first-order valence-electron chi connectivity index (χ1n) is 12.1. The highest BCUT2D eigenvalue weighted by Crippen LogP contribution is 2.17. The number of amidine groups is 2. The van der Waals surface area contributed by atoms with E-state index in [2.05, 4.69) is 31.3 Å². The van der Waals surface area contributed by atoms with Crippen molar-refractivity contribution in [2.24, 2.45) is 9.98 Å². The van der Waals surface area contributed by atoms with E-state index in [9.17, 15) is 18.0 Å². The zero-order valence-corrected chi connectivity index (χ0v) is 22.0. The number of hydrogen-bond donors (Lipinski definition) is 5. The fourth-order valence-corrected chi connectivity index (χ4v) is 3.78. The second-order valence-electron chi connectivity index (χ2n) is 8.69. The molecule has 0 unspecified atom stereocenters. The van der Waals surface area contributed by atoms with E-state index in [-0.39, 0.29) is 11.8 Å². The van der Waals surface area contributed by atoms with Gasteiger partial charge in [0.2, 0.25) is 0 Å². The third-order valence-corrected chi connectivity index (χ3v) is 5.59. The second-order valence-corrected chi connectivity index (χ2v) is 10.2. The van der Waals surface area contributed by atoms with E-state index in [1.54, 1.807) is 48.5 Å². The number of nitrogens with zero attached hydrogens (tertiary/aromatic N) is 2. The molecular formula is C27H28N6O5S. The van der Waals surface area contributed by atoms with Crippen LogP contribution < -0.4 is 21.3 Å². The minimum absolute atomic E-state index is 0.203. The number of nitrogens with one attached hydrogen (secondary N) is 4. The van der Waals surface area contributed by atoms with Crippen molar-refractivity contribution in [2.45, 2.75) is 0 Å². The summed E-state index contributed by atoms with van der Waals surface area (Å²) >= 11 is 0. The van der Waals surface area contributed by atoms with Crippen molar-refractivity contribution in [3.05, 3.63) is 95.1 Å². The van der Waals surface area contributed by atoms with E-state index in [0.29, 0.717) is 28.8 Å². The quantitative estimate of drug-likeness (QED) is 0.296. The topological polar surface area (TPSA) is 161 Å². The van der Waals surface area contributed by atoms with Gasteiger partial charge in [0.05, 0.1) is 19.3 Å². The molecule has 5 N–H and O–H groups in total. The highest BCUT2D eigenvalue weighted by molar-refractivity contribution is 7.85. The van der Waals surface area contributed by atoms with Gasteiger partial charge in [0.25, 0.3) is 21.9 Å². The molecule has 11 nitrogen and oxygen atoms in total. The monoisotopic (exact) mass is 548 g/mol. The van der Waals surface area contributed by atoms with Gasteiger partial charge in [-0.15, -0.1) is 0 Å². The van der Waals surface area contributed by atoms with Crippen LogP contribution in [0.3, 0.4) is 0 Å². The van der Waals surface area contributed by atoms with Gasteiger partial charge in [-0.2, -0.15) is 8.42 Å². The summed E-state index contributed by atoms with van der Waals surface area (Å²) in [5.74, 6) is 1.32. The van der Waals surface area contributed by atoms with Gasteiger partial charge < -0.3 is 21.3 Å². The number of hydrogen-bond acceptors (Lipinski definition) is 8. The molecule has 0 fully saturated rings. The molecule has 12 heteroatoms. The van der Waals surface area contributed by atoms with E-state index in [1.807, 2.05) is 24.3 Å². The SMILES string of the molecule is CS(=O)(=O)O.O=C(Nc1ccc(NC(=O)c2ccc(C3=NCCN3)cc2)cc1)c1ccc(C2=NCCN2)cc1. The molecule has 0 spiro atoms. The molecule has 0 aliphatic carbocycles. The van der Waals surface area contributed by atoms with Crippen LogP contribution in [-0.4, -0.2) is 68.9 Å². The number of aliphatic imine (C=N–C) groups is 2. The Balaban J connectivity index is 0.000000648. The summed E-state index contributed by atoms with van der Waals surface area (Å²) < 4.78 is 25.9. The van der Waals surface area contributed by atoms with Crippen molar-refractivity contribution >= 4 is 45.0 Å². The van der Waals surface area contributed by atoms with Crippen molar-refractivity contribution in [2.75, 3.05) is 43.1 Å². The van der Waals surface area contributed by atoms with Gasteiger partial charge in [0.15, 0.2) is 0 Å². The lowest BCUT2D eigenvalue weighted by Crippen LogP contribution is -2.19. The predicted molar refractivity (Wildman–Crippen MR) is 152 cm³/mol. The average molecular weight is 549 g/mol. The van der Waals surface area contributed by atoms with Gasteiger partial charge in [-0.05, 0) is 48.5 Å². The van der Waals surface area contributed by atoms with E-state index in [4.69, 9.17) is 4.55 Å². The van der Waals surface area contributed by atoms with Crippen LogP contribution in [0.15, 0.2) is 82.8 Å². The number of anilines is 2. The maximum atomic E-state index is 12.6. The molecule has 0 saturated carbocycles. The van der Waals surface area contributed by atoms with Crippen LogP contribution in [0.2, 0.25) is 0 Å². The molecule has 0 radical (unpaired) electrons. The lowest BCUT2D eigenvalue weighted by atomic mass is 10.1. The van der Waals surface area contributed by atoms with Gasteiger partial charge >= 0.3 is 0 Å². The molecule has 39 heavy (non-hydrogen) atoms. The number of benzene rings is 3. The predicted octanol–water partition coefficient (Wildman–Crippen LogP) is 2.39. The molecule has 2 heterocycles. The first-order valence-corrected chi connectivity index (χ1v) is 13.9. The smallest absolute Gasteiger partial charge is 0.261 e. The average Bonchev–Trinajstić information content (AvgIpc) is 3.64. The van der Waals surface area contributed by atoms with Crippen molar-refractivity contribution in [1.82, 2.24) is 10.6 Å². The Bertz CT molecular complexity index is 1390. The fraction of sp³-hybridized carbons (Fsp3) is 0.185. The van der Waals surface area contributed by atoms with Crippen molar-refractivity contribution in [3.63, 3.8) is 0 Å². The highest BCUT2D eigenvalue weighted by atomic mass is 32.2. The summed E-state index contributed by atoms with van der Waals surface area (Å²) in [4.78, 5) is 33.9. The van der Waals surface area contributed by atoms with Gasteiger partial charge in [0, 0.05) is 46.7 Å². The van der Waals surface area contributed by atoms with Gasteiger partial charge in [0.1, 0.15) is 11.7 Å². The molecule has 2 aliphatic rings. The lowest BCUT2D eigenvalue weighted by Gasteiger charge is -2.09. The van der Waals surface area contributed by atoms with Crippen LogP contribution >= 0.6 is 0 Å². The largest absolute Gasteiger partial charge is 0.368 e. The van der Waals surface area contributed by atoms with Gasteiger partial charge in [-0.3, -0.25) is 24.1 Å². The number of carbonyl (C=O) groups excluding carboxylic acids is 2. The highest BCUT2D eigenvalue weighted by Gasteiger charge is 2.12. The van der Waals surface area contributed by atoms with Gasteiger partial charge in [-0.1, -0.05) is 24.3 Å². The maximum absolute atomic E-state index is 12.6. The normalized spacial score (nSPS) is 14.1. The third kappa shape index (κ3) is 8.22. The Kier molecular flexibility index (Phi) is 8.69. The van der Waals surface area contributed by atoms with Crippen LogP contribution in [-0.2, 0) is 10.1 Å². The van der Waals surface area contributed by atoms with Crippen molar-refractivity contribution in [1.29, 1.82) is 0 Å². The first kappa shape index (κ1) is 27.5. The molecule has 0 saturated heterocycles. The summed E-state index contributed by atoms with van der Waals surface area (Å²) in [5.41, 5.74) is 4.33. The third-order valence-electron chi connectivity index (χ3n) is 5.59.